The molecule has 3 aromatic rings. The van der Waals surface area contributed by atoms with Crippen molar-refractivity contribution in [3.05, 3.63) is 57.5 Å². The van der Waals surface area contributed by atoms with Crippen LogP contribution in [0.2, 0.25) is 0 Å². The zero-order valence-electron chi connectivity index (χ0n) is 20.8. The van der Waals surface area contributed by atoms with E-state index < -0.39 is 66.8 Å². The van der Waals surface area contributed by atoms with Crippen LogP contribution in [0.25, 0.3) is 10.9 Å². The molecule has 2 aromatic heterocycles. The van der Waals surface area contributed by atoms with E-state index in [9.17, 15) is 31.1 Å². The van der Waals surface area contributed by atoms with Crippen molar-refractivity contribution in [3.63, 3.8) is 0 Å². The minimum Gasteiger partial charge on any atom is -0.490 e. The number of aromatic nitrogens is 3. The fourth-order valence-corrected chi connectivity index (χ4v) is 3.93. The molecule has 1 atom stereocenters. The van der Waals surface area contributed by atoms with Crippen molar-refractivity contribution >= 4 is 16.7 Å². The van der Waals surface area contributed by atoms with Gasteiger partial charge in [-0.3, -0.25) is 9.36 Å². The smallest absolute Gasteiger partial charge is 0.412 e. The largest absolute Gasteiger partial charge is 0.490 e. The molecule has 4 rings (SSSR count). The molecule has 0 bridgehead atoms. The Morgan fingerprint density at radius 2 is 1.91 bits per heavy atom. The number of anilines is 1. The molecule has 2 heterocycles. The SMILES string of the molecule is [2H]C([2H])([2H])Oc1c(=O)n(C2(C(F)(F)F)CC2)cc2c(N[C@H](C)c3cccc(C(F)F)c3F)nc(C)nc12. The van der Waals surface area contributed by atoms with Crippen LogP contribution in [0.4, 0.5) is 32.2 Å². The molecule has 1 N–H and O–H groups in total. The topological polar surface area (TPSA) is 69.0 Å². The molecule has 12 heteroatoms. The van der Waals surface area contributed by atoms with Gasteiger partial charge in [0.15, 0.2) is 0 Å². The zero-order valence-corrected chi connectivity index (χ0v) is 17.8. The Hall–Kier alpha value is -3.31. The van der Waals surface area contributed by atoms with Crippen molar-refractivity contribution in [1.29, 1.82) is 0 Å². The van der Waals surface area contributed by atoms with Gasteiger partial charge >= 0.3 is 6.18 Å². The van der Waals surface area contributed by atoms with Crippen LogP contribution in [0.3, 0.4) is 0 Å². The summed E-state index contributed by atoms with van der Waals surface area (Å²) >= 11 is 0. The third-order valence-corrected chi connectivity index (χ3v) is 5.87. The number of rotatable bonds is 6. The molecule has 1 saturated carbocycles. The molecule has 1 aliphatic carbocycles. The molecule has 1 aliphatic rings. The van der Waals surface area contributed by atoms with E-state index in [0.717, 1.165) is 12.3 Å². The summed E-state index contributed by atoms with van der Waals surface area (Å²) in [5.74, 6) is -2.31. The van der Waals surface area contributed by atoms with Gasteiger partial charge in [-0.2, -0.15) is 13.2 Å². The molecule has 1 fully saturated rings. The summed E-state index contributed by atoms with van der Waals surface area (Å²) in [7, 11) is -3.20. The summed E-state index contributed by atoms with van der Waals surface area (Å²) in [6.07, 6.45) is -7.92. The Labute approximate surface area is 193 Å². The van der Waals surface area contributed by atoms with Crippen LogP contribution in [-0.2, 0) is 5.54 Å². The monoisotopic (exact) mass is 489 g/mol. The molecule has 0 spiro atoms. The number of alkyl halides is 5. The van der Waals surface area contributed by atoms with E-state index in [-0.39, 0.29) is 28.1 Å². The average Bonchev–Trinajstić information content (AvgIpc) is 3.57. The maximum absolute atomic E-state index is 14.7. The van der Waals surface area contributed by atoms with Gasteiger partial charge in [0.25, 0.3) is 12.0 Å². The lowest BCUT2D eigenvalue weighted by molar-refractivity contribution is -0.180. The number of fused-ring (bicyclic) bond motifs is 1. The Bertz CT molecular complexity index is 1420. The van der Waals surface area contributed by atoms with E-state index in [1.807, 2.05) is 0 Å². The molecule has 1 aromatic carbocycles. The Morgan fingerprint density at radius 1 is 1.24 bits per heavy atom. The first-order valence-corrected chi connectivity index (χ1v) is 10.1. The normalized spacial score (nSPS) is 17.7. The fraction of sp³-hybridized carbons (Fsp3) is 0.409. The van der Waals surface area contributed by atoms with Gasteiger partial charge < -0.3 is 10.1 Å². The lowest BCUT2D eigenvalue weighted by atomic mass is 10.0. The second kappa shape index (κ2) is 8.17. The van der Waals surface area contributed by atoms with Gasteiger partial charge in [-0.25, -0.2) is 23.1 Å². The molecular weight excluding hydrogens is 466 g/mol. The minimum absolute atomic E-state index is 0.0199. The van der Waals surface area contributed by atoms with Gasteiger partial charge in [0.05, 0.1) is 28.1 Å². The van der Waals surface area contributed by atoms with E-state index >= 15 is 0 Å². The highest BCUT2D eigenvalue weighted by Crippen LogP contribution is 2.55. The van der Waals surface area contributed by atoms with Crippen LogP contribution >= 0.6 is 0 Å². The van der Waals surface area contributed by atoms with Crippen molar-refractivity contribution < 1.29 is 35.2 Å². The van der Waals surface area contributed by atoms with E-state index in [1.165, 1.54) is 26.0 Å². The van der Waals surface area contributed by atoms with Crippen molar-refractivity contribution in [3.8, 4) is 5.75 Å². The molecule has 0 radical (unpaired) electrons. The number of nitrogens with zero attached hydrogens (tertiary/aromatic N) is 3. The number of benzene rings is 1. The number of methoxy groups -OCH3 is 1. The number of nitrogens with one attached hydrogen (secondary N) is 1. The zero-order chi connectivity index (χ0) is 27.5. The van der Waals surface area contributed by atoms with Crippen LogP contribution in [0.15, 0.2) is 29.2 Å². The van der Waals surface area contributed by atoms with Crippen molar-refractivity contribution in [2.45, 2.75) is 50.9 Å². The highest BCUT2D eigenvalue weighted by Gasteiger charge is 2.65. The summed E-state index contributed by atoms with van der Waals surface area (Å²) in [6, 6.07) is 2.36. The Morgan fingerprint density at radius 3 is 2.50 bits per heavy atom. The average molecular weight is 489 g/mol. The van der Waals surface area contributed by atoms with Gasteiger partial charge in [-0.15, -0.1) is 0 Å². The molecule has 34 heavy (non-hydrogen) atoms. The first-order chi connectivity index (χ1) is 17.1. The molecule has 0 saturated heterocycles. The number of hydrogen-bond donors (Lipinski definition) is 1. The van der Waals surface area contributed by atoms with Gasteiger partial charge in [0.1, 0.15) is 28.5 Å². The number of hydrogen-bond acceptors (Lipinski definition) is 5. The van der Waals surface area contributed by atoms with Gasteiger partial charge in [-0.1, -0.05) is 18.2 Å². The number of ether oxygens (including phenoxy) is 1. The predicted octanol–water partition coefficient (Wildman–Crippen LogP) is 5.41. The third-order valence-electron chi connectivity index (χ3n) is 5.87. The second-order valence-corrected chi connectivity index (χ2v) is 8.06. The first-order valence-electron chi connectivity index (χ1n) is 11.6. The third kappa shape index (κ3) is 3.74. The summed E-state index contributed by atoms with van der Waals surface area (Å²) in [6.45, 7) is 2.78. The van der Waals surface area contributed by atoms with Gasteiger partial charge in [-0.05, 0) is 26.7 Å². The predicted molar refractivity (Wildman–Crippen MR) is 112 cm³/mol. The van der Waals surface area contributed by atoms with Crippen LogP contribution in [0.5, 0.6) is 5.75 Å². The van der Waals surface area contributed by atoms with E-state index in [1.54, 1.807) is 0 Å². The van der Waals surface area contributed by atoms with Crippen LogP contribution in [0, 0.1) is 12.7 Å². The molecule has 0 aliphatic heterocycles. The number of aryl methyl sites for hydroxylation is 1. The Balaban J connectivity index is 1.93. The van der Waals surface area contributed by atoms with Crippen LogP contribution < -0.4 is 15.6 Å². The van der Waals surface area contributed by atoms with Crippen molar-refractivity contribution in [2.24, 2.45) is 0 Å². The molecule has 6 nitrogen and oxygen atoms in total. The quantitative estimate of drug-likeness (QED) is 0.469. The van der Waals surface area contributed by atoms with Crippen LogP contribution in [-0.4, -0.2) is 27.7 Å². The minimum atomic E-state index is -4.84. The number of halogens is 6. The summed E-state index contributed by atoms with van der Waals surface area (Å²) in [4.78, 5) is 21.3. The lowest BCUT2D eigenvalue weighted by Crippen LogP contribution is -2.41. The second-order valence-electron chi connectivity index (χ2n) is 8.06. The van der Waals surface area contributed by atoms with Crippen molar-refractivity contribution in [1.82, 2.24) is 14.5 Å². The maximum atomic E-state index is 14.7. The maximum Gasteiger partial charge on any atom is 0.412 e. The van der Waals surface area contributed by atoms with Crippen LogP contribution in [0.1, 0.15) is 53.3 Å². The van der Waals surface area contributed by atoms with E-state index in [2.05, 4.69) is 15.3 Å². The van der Waals surface area contributed by atoms with Crippen molar-refractivity contribution in [2.75, 3.05) is 12.4 Å². The first kappa shape index (κ1) is 20.1. The fourth-order valence-electron chi connectivity index (χ4n) is 3.93. The standard InChI is InChI=1S/C22H20F6N4O2/c1-10(12-5-4-6-13(15(12)23)18(24)25)29-19-14-9-32(21(7-8-21)22(26,27)28)20(33)17(34-3)16(14)30-11(2)31-19/h4-6,9-10,18H,7-8H2,1-3H3,(H,29,30,31)/t10-/m1/s1/i3D3. The van der Waals surface area contributed by atoms with E-state index in [0.29, 0.717) is 4.57 Å². The molecular formula is C22H20F6N4O2. The van der Waals surface area contributed by atoms with Gasteiger partial charge in [0.2, 0.25) is 5.75 Å². The molecule has 182 valence electrons. The van der Waals surface area contributed by atoms with Gasteiger partial charge in [0, 0.05) is 11.8 Å². The highest BCUT2D eigenvalue weighted by atomic mass is 19.4. The number of pyridine rings is 1. The summed E-state index contributed by atoms with van der Waals surface area (Å²) in [5, 5.41) is 2.56. The molecule has 0 unspecified atom stereocenters. The van der Waals surface area contributed by atoms with E-state index in [4.69, 9.17) is 8.85 Å². The summed E-state index contributed by atoms with van der Waals surface area (Å²) < 4.78 is 110. The molecule has 0 amide bonds. The lowest BCUT2D eigenvalue weighted by Gasteiger charge is -2.24. The summed E-state index contributed by atoms with van der Waals surface area (Å²) in [5.41, 5.74) is -5.30. The highest BCUT2D eigenvalue weighted by molar-refractivity contribution is 5.92. The Kier molecular flexibility index (Phi) is 4.83.